The number of aryl methyl sites for hydroxylation is 1. The van der Waals surface area contributed by atoms with Crippen LogP contribution in [0.25, 0.3) is 0 Å². The van der Waals surface area contributed by atoms with Crippen LogP contribution in [0, 0.1) is 6.92 Å². The molecular formula is C27H34N2O3. The molecule has 1 heterocycles. The Morgan fingerprint density at radius 3 is 2.53 bits per heavy atom. The molecule has 0 spiro atoms. The number of amides is 2. The van der Waals surface area contributed by atoms with Crippen molar-refractivity contribution in [3.63, 3.8) is 0 Å². The Labute approximate surface area is 190 Å². The van der Waals surface area contributed by atoms with Crippen molar-refractivity contribution in [3.8, 4) is 0 Å². The van der Waals surface area contributed by atoms with Crippen LogP contribution in [0.3, 0.4) is 0 Å². The molecular weight excluding hydrogens is 400 g/mol. The monoisotopic (exact) mass is 434 g/mol. The first-order valence-corrected chi connectivity index (χ1v) is 12.0. The Balaban J connectivity index is 1.64. The van der Waals surface area contributed by atoms with Crippen LogP contribution in [0.2, 0.25) is 0 Å². The summed E-state index contributed by atoms with van der Waals surface area (Å²) in [5, 5.41) is 3.23. The number of benzene rings is 1. The van der Waals surface area contributed by atoms with Crippen molar-refractivity contribution >= 4 is 11.8 Å². The molecule has 2 aliphatic carbocycles. The maximum Gasteiger partial charge on any atom is 0.290 e. The molecule has 32 heavy (non-hydrogen) atoms. The van der Waals surface area contributed by atoms with E-state index in [4.69, 9.17) is 4.42 Å². The predicted molar refractivity (Wildman–Crippen MR) is 125 cm³/mol. The molecule has 1 aromatic heterocycles. The van der Waals surface area contributed by atoms with Gasteiger partial charge in [0.1, 0.15) is 6.04 Å². The van der Waals surface area contributed by atoms with Crippen LogP contribution >= 0.6 is 0 Å². The normalized spacial score (nSPS) is 17.6. The minimum absolute atomic E-state index is 0.0988. The van der Waals surface area contributed by atoms with Crippen molar-refractivity contribution in [3.05, 3.63) is 71.2 Å². The summed E-state index contributed by atoms with van der Waals surface area (Å²) in [6.07, 6.45) is 13.5. The molecule has 170 valence electrons. The first kappa shape index (κ1) is 22.4. The number of nitrogens with one attached hydrogen (secondary N) is 1. The zero-order valence-corrected chi connectivity index (χ0v) is 19.0. The van der Waals surface area contributed by atoms with Crippen LogP contribution in [0.1, 0.15) is 85.5 Å². The van der Waals surface area contributed by atoms with E-state index in [0.29, 0.717) is 6.54 Å². The first-order valence-electron chi connectivity index (χ1n) is 12.0. The van der Waals surface area contributed by atoms with Crippen molar-refractivity contribution in [2.24, 2.45) is 0 Å². The Kier molecular flexibility index (Phi) is 7.46. The molecule has 5 nitrogen and oxygen atoms in total. The average Bonchev–Trinajstić information content (AvgIpc) is 3.52. The highest BCUT2D eigenvalue weighted by atomic mass is 16.3. The maximum atomic E-state index is 13.6. The summed E-state index contributed by atoms with van der Waals surface area (Å²) in [5.74, 6) is -0.0646. The van der Waals surface area contributed by atoms with E-state index in [2.05, 4.69) is 11.4 Å². The minimum atomic E-state index is -0.682. The quantitative estimate of drug-likeness (QED) is 0.541. The van der Waals surface area contributed by atoms with E-state index in [0.717, 1.165) is 56.1 Å². The third kappa shape index (κ3) is 5.50. The second-order valence-electron chi connectivity index (χ2n) is 9.14. The highest BCUT2D eigenvalue weighted by Gasteiger charge is 2.34. The van der Waals surface area contributed by atoms with Gasteiger partial charge in [0.15, 0.2) is 5.76 Å². The number of carbonyl (C=O) groups is 2. The molecule has 0 saturated heterocycles. The zero-order valence-electron chi connectivity index (χ0n) is 19.0. The van der Waals surface area contributed by atoms with Gasteiger partial charge in [0.2, 0.25) is 5.91 Å². The number of allylic oxidation sites excluding steroid dienone is 1. The molecule has 4 rings (SSSR count). The van der Waals surface area contributed by atoms with Gasteiger partial charge in [-0.25, -0.2) is 0 Å². The molecule has 0 unspecified atom stereocenters. The van der Waals surface area contributed by atoms with E-state index in [1.54, 1.807) is 17.0 Å². The summed E-state index contributed by atoms with van der Waals surface area (Å²) in [6.45, 7) is 2.51. The molecule has 1 fully saturated rings. The Morgan fingerprint density at radius 2 is 1.88 bits per heavy atom. The fourth-order valence-electron chi connectivity index (χ4n) is 4.86. The summed E-state index contributed by atoms with van der Waals surface area (Å²) in [6, 6.07) is 10.8. The van der Waals surface area contributed by atoms with E-state index in [1.807, 2.05) is 31.2 Å². The van der Waals surface area contributed by atoms with E-state index in [9.17, 15) is 9.59 Å². The van der Waals surface area contributed by atoms with Crippen molar-refractivity contribution < 1.29 is 14.0 Å². The van der Waals surface area contributed by atoms with Crippen molar-refractivity contribution in [2.75, 3.05) is 6.54 Å². The van der Waals surface area contributed by atoms with Crippen LogP contribution in [0.4, 0.5) is 0 Å². The second-order valence-corrected chi connectivity index (χ2v) is 9.14. The standard InChI is InChI=1S/C27H34N2O3/c1-20-13-15-22(16-14-20)25(26(30)28-23-10-5-6-11-23)29(27(31)24-12-7-19-32-24)18-17-21-8-3-2-4-9-21/h7-8,12-16,19,23,25H,2-6,9-11,17-18H2,1H3,(H,28,30)/t25-/m1/s1. The van der Waals surface area contributed by atoms with Crippen LogP contribution in [0.15, 0.2) is 58.7 Å². The minimum Gasteiger partial charge on any atom is -0.459 e. The van der Waals surface area contributed by atoms with Gasteiger partial charge in [-0.1, -0.05) is 54.3 Å². The Morgan fingerprint density at radius 1 is 1.09 bits per heavy atom. The molecule has 1 aromatic carbocycles. The van der Waals surface area contributed by atoms with Gasteiger partial charge >= 0.3 is 0 Å². The summed E-state index contributed by atoms with van der Waals surface area (Å²) in [4.78, 5) is 28.8. The third-order valence-electron chi connectivity index (χ3n) is 6.71. The lowest BCUT2D eigenvalue weighted by Gasteiger charge is -2.32. The molecule has 1 atom stereocenters. The zero-order chi connectivity index (χ0) is 22.3. The van der Waals surface area contributed by atoms with Crippen LogP contribution in [0.5, 0.6) is 0 Å². The number of nitrogens with zero attached hydrogens (tertiary/aromatic N) is 1. The molecule has 0 radical (unpaired) electrons. The summed E-state index contributed by atoms with van der Waals surface area (Å²) >= 11 is 0. The largest absolute Gasteiger partial charge is 0.459 e. The lowest BCUT2D eigenvalue weighted by Crippen LogP contribution is -2.46. The summed E-state index contributed by atoms with van der Waals surface area (Å²) in [5.41, 5.74) is 3.34. The van der Waals surface area contributed by atoms with E-state index in [-0.39, 0.29) is 23.6 Å². The Bertz CT molecular complexity index is 924. The van der Waals surface area contributed by atoms with Gasteiger partial charge in [0.25, 0.3) is 5.91 Å². The number of carbonyl (C=O) groups excluding carboxylic acids is 2. The number of hydrogen-bond acceptors (Lipinski definition) is 3. The SMILES string of the molecule is Cc1ccc([C@H](C(=O)NC2CCCC2)N(CCC2=CCCCC2)C(=O)c2ccco2)cc1. The molecule has 2 aliphatic rings. The highest BCUT2D eigenvalue weighted by molar-refractivity contribution is 5.96. The van der Waals surface area contributed by atoms with Gasteiger partial charge in [-0.15, -0.1) is 0 Å². The topological polar surface area (TPSA) is 62.6 Å². The molecule has 1 saturated carbocycles. The van der Waals surface area contributed by atoms with Crippen molar-refractivity contribution in [2.45, 2.75) is 76.8 Å². The fourth-order valence-corrected chi connectivity index (χ4v) is 4.86. The molecule has 2 amide bonds. The first-order chi connectivity index (χ1) is 15.6. The smallest absolute Gasteiger partial charge is 0.290 e. The van der Waals surface area contributed by atoms with Crippen LogP contribution in [-0.2, 0) is 4.79 Å². The van der Waals surface area contributed by atoms with Crippen LogP contribution in [-0.4, -0.2) is 29.3 Å². The van der Waals surface area contributed by atoms with Gasteiger partial charge in [0, 0.05) is 12.6 Å². The summed E-state index contributed by atoms with van der Waals surface area (Å²) < 4.78 is 5.45. The van der Waals surface area contributed by atoms with Crippen molar-refractivity contribution in [1.82, 2.24) is 10.2 Å². The average molecular weight is 435 g/mol. The van der Waals surface area contributed by atoms with E-state index < -0.39 is 6.04 Å². The van der Waals surface area contributed by atoms with Gasteiger partial charge in [-0.2, -0.15) is 0 Å². The molecule has 2 aromatic rings. The van der Waals surface area contributed by atoms with Crippen LogP contribution < -0.4 is 5.32 Å². The number of hydrogen-bond donors (Lipinski definition) is 1. The third-order valence-corrected chi connectivity index (χ3v) is 6.71. The maximum absolute atomic E-state index is 13.6. The molecule has 0 aliphatic heterocycles. The Hall–Kier alpha value is -2.82. The highest BCUT2D eigenvalue weighted by Crippen LogP contribution is 2.28. The number of rotatable bonds is 8. The molecule has 0 bridgehead atoms. The van der Waals surface area contributed by atoms with Gasteiger partial charge in [0.05, 0.1) is 6.26 Å². The van der Waals surface area contributed by atoms with Gasteiger partial charge in [-0.05, 0) is 69.6 Å². The van der Waals surface area contributed by atoms with E-state index in [1.165, 1.54) is 24.7 Å². The number of furan rings is 1. The van der Waals surface area contributed by atoms with E-state index >= 15 is 0 Å². The van der Waals surface area contributed by atoms with Gasteiger partial charge < -0.3 is 14.6 Å². The molecule has 1 N–H and O–H groups in total. The summed E-state index contributed by atoms with van der Waals surface area (Å²) in [7, 11) is 0. The van der Waals surface area contributed by atoms with Gasteiger partial charge in [-0.3, -0.25) is 9.59 Å². The van der Waals surface area contributed by atoms with Crippen molar-refractivity contribution in [1.29, 1.82) is 0 Å². The lowest BCUT2D eigenvalue weighted by atomic mass is 9.96. The molecule has 5 heteroatoms. The fraction of sp³-hybridized carbons (Fsp3) is 0.481. The lowest BCUT2D eigenvalue weighted by molar-refractivity contribution is -0.126. The predicted octanol–water partition coefficient (Wildman–Crippen LogP) is 5.72. The second kappa shape index (κ2) is 10.7.